The average molecular weight is 591 g/mol. The van der Waals surface area contributed by atoms with Gasteiger partial charge in [0.1, 0.15) is 12.6 Å². The highest BCUT2D eigenvalue weighted by molar-refractivity contribution is 7.92. The van der Waals surface area contributed by atoms with Crippen LogP contribution in [0.25, 0.3) is 0 Å². The SMILES string of the molecule is Cc1ccc(S(=O)(=O)N(CC(=O)N(Cc2c(Cl)cccc2Cl)C(C)C(=O)NCC(C)C)c2ccccc2)cc1. The van der Waals surface area contributed by atoms with E-state index < -0.39 is 28.5 Å². The van der Waals surface area contributed by atoms with Crippen LogP contribution in [0.15, 0.2) is 77.7 Å². The molecule has 0 fully saturated rings. The van der Waals surface area contributed by atoms with Gasteiger partial charge in [-0.2, -0.15) is 0 Å². The van der Waals surface area contributed by atoms with Crippen molar-refractivity contribution in [1.82, 2.24) is 10.2 Å². The topological polar surface area (TPSA) is 86.8 Å². The molecule has 0 aliphatic carbocycles. The number of rotatable bonds is 11. The Morgan fingerprint density at radius 2 is 1.46 bits per heavy atom. The highest BCUT2D eigenvalue weighted by Gasteiger charge is 2.33. The van der Waals surface area contributed by atoms with Crippen molar-refractivity contribution < 1.29 is 18.0 Å². The molecular formula is C29H33Cl2N3O4S. The minimum absolute atomic E-state index is 0.0492. The summed E-state index contributed by atoms with van der Waals surface area (Å²) in [6.45, 7) is 7.19. The number of hydrogen-bond donors (Lipinski definition) is 1. The first kappa shape index (κ1) is 30.5. The van der Waals surface area contributed by atoms with Crippen LogP contribution < -0.4 is 9.62 Å². The first-order valence-electron chi connectivity index (χ1n) is 12.6. The van der Waals surface area contributed by atoms with Gasteiger partial charge < -0.3 is 10.2 Å². The van der Waals surface area contributed by atoms with Gasteiger partial charge in [0.05, 0.1) is 10.6 Å². The van der Waals surface area contributed by atoms with Gasteiger partial charge in [-0.25, -0.2) is 8.42 Å². The molecule has 1 N–H and O–H groups in total. The van der Waals surface area contributed by atoms with Crippen LogP contribution in [0.5, 0.6) is 0 Å². The first-order valence-corrected chi connectivity index (χ1v) is 14.8. The van der Waals surface area contributed by atoms with Crippen LogP contribution in [0.4, 0.5) is 5.69 Å². The lowest BCUT2D eigenvalue weighted by molar-refractivity contribution is -0.139. The van der Waals surface area contributed by atoms with Gasteiger partial charge in [-0.3, -0.25) is 13.9 Å². The van der Waals surface area contributed by atoms with Gasteiger partial charge in [-0.1, -0.05) is 79.0 Å². The lowest BCUT2D eigenvalue weighted by Gasteiger charge is -2.32. The second-order valence-electron chi connectivity index (χ2n) is 9.70. The highest BCUT2D eigenvalue weighted by Crippen LogP contribution is 2.28. The monoisotopic (exact) mass is 589 g/mol. The van der Waals surface area contributed by atoms with Crippen LogP contribution in [0.1, 0.15) is 31.9 Å². The van der Waals surface area contributed by atoms with E-state index in [1.807, 2.05) is 20.8 Å². The van der Waals surface area contributed by atoms with Crippen molar-refractivity contribution in [3.63, 3.8) is 0 Å². The van der Waals surface area contributed by atoms with Crippen molar-refractivity contribution in [2.75, 3.05) is 17.4 Å². The predicted octanol–water partition coefficient (Wildman–Crippen LogP) is 5.69. The Balaban J connectivity index is 2.02. The molecule has 0 spiro atoms. The number of nitrogens with zero attached hydrogens (tertiary/aromatic N) is 2. The van der Waals surface area contributed by atoms with Gasteiger partial charge >= 0.3 is 0 Å². The summed E-state index contributed by atoms with van der Waals surface area (Å²) in [5, 5.41) is 3.52. The number of anilines is 1. The number of sulfonamides is 1. The van der Waals surface area contributed by atoms with Gasteiger partial charge in [0.25, 0.3) is 10.0 Å². The lowest BCUT2D eigenvalue weighted by Crippen LogP contribution is -2.51. The minimum Gasteiger partial charge on any atom is -0.354 e. The molecule has 0 heterocycles. The number of para-hydroxylation sites is 1. The van der Waals surface area contributed by atoms with E-state index in [9.17, 15) is 18.0 Å². The molecule has 0 saturated heterocycles. The molecule has 0 aliphatic rings. The maximum Gasteiger partial charge on any atom is 0.264 e. The molecule has 0 aromatic heterocycles. The molecule has 3 aromatic rings. The number of carbonyl (C=O) groups excluding carboxylic acids is 2. The third-order valence-electron chi connectivity index (χ3n) is 6.17. The fourth-order valence-corrected chi connectivity index (χ4v) is 5.78. The number of hydrogen-bond acceptors (Lipinski definition) is 4. The summed E-state index contributed by atoms with van der Waals surface area (Å²) >= 11 is 12.8. The minimum atomic E-state index is -4.12. The first-order chi connectivity index (χ1) is 18.4. The van der Waals surface area contributed by atoms with Crippen molar-refractivity contribution in [3.8, 4) is 0 Å². The summed E-state index contributed by atoms with van der Waals surface area (Å²) in [5.74, 6) is -0.748. The fraction of sp³-hybridized carbons (Fsp3) is 0.310. The molecule has 3 aromatic carbocycles. The van der Waals surface area contributed by atoms with E-state index >= 15 is 0 Å². The molecule has 7 nitrogen and oxygen atoms in total. The maximum absolute atomic E-state index is 13.9. The second kappa shape index (κ2) is 13.3. The molecule has 0 saturated carbocycles. The average Bonchev–Trinajstić information content (AvgIpc) is 2.90. The van der Waals surface area contributed by atoms with E-state index in [0.29, 0.717) is 27.8 Å². The van der Waals surface area contributed by atoms with Crippen molar-refractivity contribution in [3.05, 3.63) is 94.0 Å². The molecule has 2 amide bonds. The zero-order chi connectivity index (χ0) is 28.7. The predicted molar refractivity (Wildman–Crippen MR) is 156 cm³/mol. The Kier molecular flexibility index (Phi) is 10.4. The number of amides is 2. The maximum atomic E-state index is 13.9. The zero-order valence-electron chi connectivity index (χ0n) is 22.4. The number of benzene rings is 3. The van der Waals surface area contributed by atoms with Crippen molar-refractivity contribution >= 4 is 50.7 Å². The van der Waals surface area contributed by atoms with Crippen molar-refractivity contribution in [2.24, 2.45) is 5.92 Å². The highest BCUT2D eigenvalue weighted by atomic mass is 35.5. The molecule has 1 unspecified atom stereocenters. The van der Waals surface area contributed by atoms with Crippen LogP contribution in [-0.4, -0.2) is 44.3 Å². The normalized spacial score (nSPS) is 12.2. The summed E-state index contributed by atoms with van der Waals surface area (Å²) in [6, 6.07) is 18.8. The lowest BCUT2D eigenvalue weighted by atomic mass is 10.1. The van der Waals surface area contributed by atoms with Gasteiger partial charge in [0.15, 0.2) is 0 Å². The van der Waals surface area contributed by atoms with Crippen molar-refractivity contribution in [2.45, 2.75) is 45.2 Å². The smallest absolute Gasteiger partial charge is 0.264 e. The Morgan fingerprint density at radius 3 is 2.03 bits per heavy atom. The van der Waals surface area contributed by atoms with Crippen LogP contribution in [0.2, 0.25) is 10.0 Å². The Morgan fingerprint density at radius 1 is 0.872 bits per heavy atom. The largest absolute Gasteiger partial charge is 0.354 e. The van der Waals surface area contributed by atoms with E-state index in [4.69, 9.17) is 23.2 Å². The Hall–Kier alpha value is -3.07. The van der Waals surface area contributed by atoms with Gasteiger partial charge in [-0.15, -0.1) is 0 Å². The number of nitrogens with one attached hydrogen (secondary N) is 1. The number of aryl methyl sites for hydroxylation is 1. The summed E-state index contributed by atoms with van der Waals surface area (Å²) in [5.41, 5.74) is 1.68. The van der Waals surface area contributed by atoms with Crippen LogP contribution in [-0.2, 0) is 26.2 Å². The quantitative estimate of drug-likeness (QED) is 0.311. The Bertz CT molecular complexity index is 1380. The zero-order valence-corrected chi connectivity index (χ0v) is 24.7. The molecule has 0 bridgehead atoms. The van der Waals surface area contributed by atoms with Gasteiger partial charge in [-0.05, 0) is 56.2 Å². The number of carbonyl (C=O) groups is 2. The van der Waals surface area contributed by atoms with Crippen molar-refractivity contribution in [1.29, 1.82) is 0 Å². The Labute approximate surface area is 240 Å². The molecule has 0 radical (unpaired) electrons. The molecule has 39 heavy (non-hydrogen) atoms. The fourth-order valence-electron chi connectivity index (χ4n) is 3.85. The summed E-state index contributed by atoms with van der Waals surface area (Å²) in [6.07, 6.45) is 0. The van der Waals surface area contributed by atoms with Crippen LogP contribution >= 0.6 is 23.2 Å². The number of halogens is 2. The van der Waals surface area contributed by atoms with Gasteiger partial charge in [0, 0.05) is 28.7 Å². The standard InChI is InChI=1S/C29H33Cl2N3O4S/c1-20(2)17-32-29(36)22(4)33(18-25-26(30)11-8-12-27(25)31)28(35)19-34(23-9-6-5-7-10-23)39(37,38)24-15-13-21(3)14-16-24/h5-16,20,22H,17-19H2,1-4H3,(H,32,36). The molecule has 1 atom stereocenters. The summed E-state index contributed by atoms with van der Waals surface area (Å²) in [4.78, 5) is 28.3. The third kappa shape index (κ3) is 7.75. The van der Waals surface area contributed by atoms with E-state index in [-0.39, 0.29) is 23.3 Å². The summed E-state index contributed by atoms with van der Waals surface area (Å²) in [7, 11) is -4.12. The van der Waals surface area contributed by atoms with E-state index in [2.05, 4.69) is 5.32 Å². The second-order valence-corrected chi connectivity index (χ2v) is 12.4. The summed E-state index contributed by atoms with van der Waals surface area (Å²) < 4.78 is 28.6. The van der Waals surface area contributed by atoms with Crippen LogP contribution in [0.3, 0.4) is 0 Å². The molecule has 10 heteroatoms. The molecular weight excluding hydrogens is 557 g/mol. The van der Waals surface area contributed by atoms with Crippen LogP contribution in [0, 0.1) is 12.8 Å². The molecule has 3 rings (SSSR count). The van der Waals surface area contributed by atoms with E-state index in [0.717, 1.165) is 9.87 Å². The molecule has 0 aliphatic heterocycles. The third-order valence-corrected chi connectivity index (χ3v) is 8.67. The van der Waals surface area contributed by atoms with Gasteiger partial charge in [0.2, 0.25) is 11.8 Å². The van der Waals surface area contributed by atoms with E-state index in [1.54, 1.807) is 67.6 Å². The molecule has 208 valence electrons. The van der Waals surface area contributed by atoms with E-state index in [1.165, 1.54) is 17.0 Å².